The highest BCUT2D eigenvalue weighted by Gasteiger charge is 2.25. The van der Waals surface area contributed by atoms with Crippen LogP contribution in [0.3, 0.4) is 0 Å². The Labute approximate surface area is 221 Å². The molecule has 4 rings (SSSR count). The number of nitrogens with one attached hydrogen (secondary N) is 1. The lowest BCUT2D eigenvalue weighted by molar-refractivity contribution is -0.142. The van der Waals surface area contributed by atoms with Gasteiger partial charge in [-0.15, -0.1) is 0 Å². The van der Waals surface area contributed by atoms with Crippen molar-refractivity contribution in [2.24, 2.45) is 11.8 Å². The van der Waals surface area contributed by atoms with Crippen LogP contribution in [-0.2, 0) is 35.2 Å². The zero-order chi connectivity index (χ0) is 26.4. The molecule has 1 saturated carbocycles. The van der Waals surface area contributed by atoms with E-state index in [1.807, 2.05) is 27.1 Å². The third-order valence-electron chi connectivity index (χ3n) is 7.74. The molecule has 2 aliphatic rings. The van der Waals surface area contributed by atoms with Gasteiger partial charge in [0.25, 0.3) is 0 Å². The van der Waals surface area contributed by atoms with E-state index in [9.17, 15) is 14.7 Å². The average molecular weight is 510 g/mol. The van der Waals surface area contributed by atoms with Crippen LogP contribution >= 0.6 is 0 Å². The molecule has 2 N–H and O–H groups in total. The van der Waals surface area contributed by atoms with Gasteiger partial charge in [0.2, 0.25) is 0 Å². The van der Waals surface area contributed by atoms with E-state index in [1.165, 1.54) is 55.3 Å². The normalized spacial score (nSPS) is 16.5. The molecule has 1 amide bonds. The van der Waals surface area contributed by atoms with Gasteiger partial charge in [0.15, 0.2) is 0 Å². The van der Waals surface area contributed by atoms with Gasteiger partial charge in [-0.3, -0.25) is 4.79 Å². The molecule has 1 aromatic carbocycles. The molecule has 1 aromatic heterocycles. The molecule has 1 atom stereocenters. The number of aliphatic carboxylic acids is 1. The van der Waals surface area contributed by atoms with Crippen LogP contribution in [0.2, 0.25) is 0 Å². The van der Waals surface area contributed by atoms with Crippen LogP contribution in [0.5, 0.6) is 0 Å². The average Bonchev–Trinajstić information content (AvgIpc) is 3.27. The van der Waals surface area contributed by atoms with E-state index in [2.05, 4.69) is 33.1 Å². The number of rotatable bonds is 10. The van der Waals surface area contributed by atoms with Crippen molar-refractivity contribution in [2.75, 3.05) is 6.54 Å². The molecule has 2 heterocycles. The molecule has 1 unspecified atom stereocenters. The van der Waals surface area contributed by atoms with Gasteiger partial charge in [-0.25, -0.2) is 9.78 Å². The van der Waals surface area contributed by atoms with Crippen molar-refractivity contribution in [3.63, 3.8) is 0 Å². The fourth-order valence-corrected chi connectivity index (χ4v) is 5.78. The summed E-state index contributed by atoms with van der Waals surface area (Å²) in [5.41, 5.74) is 5.41. The topological polar surface area (TPSA) is 93.5 Å². The second kappa shape index (κ2) is 12.1. The van der Waals surface area contributed by atoms with Crippen molar-refractivity contribution in [1.82, 2.24) is 14.9 Å². The quantitative estimate of drug-likeness (QED) is 0.381. The van der Waals surface area contributed by atoms with Gasteiger partial charge in [-0.1, -0.05) is 44.2 Å². The molecule has 0 radical (unpaired) electrons. The molecule has 0 saturated heterocycles. The van der Waals surface area contributed by atoms with Crippen LogP contribution in [0.4, 0.5) is 4.79 Å². The Hall–Kier alpha value is -2.83. The van der Waals surface area contributed by atoms with Crippen LogP contribution in [0.25, 0.3) is 5.69 Å². The Bertz CT molecular complexity index is 1080. The Morgan fingerprint density at radius 1 is 1.19 bits per heavy atom. The summed E-state index contributed by atoms with van der Waals surface area (Å²) in [6.45, 7) is 5.83. The first-order valence-electron chi connectivity index (χ1n) is 14.1. The summed E-state index contributed by atoms with van der Waals surface area (Å²) in [7, 11) is 0. The van der Waals surface area contributed by atoms with E-state index in [4.69, 9.17) is 4.74 Å². The summed E-state index contributed by atoms with van der Waals surface area (Å²) in [4.78, 5) is 28.4. The summed E-state index contributed by atoms with van der Waals surface area (Å²) in [6, 6.07) is 6.85. The Morgan fingerprint density at radius 3 is 2.70 bits per heavy atom. The number of amides is 1. The van der Waals surface area contributed by atoms with Crippen molar-refractivity contribution < 1.29 is 19.4 Å². The number of fused-ring (bicyclic) bond motifs is 3. The van der Waals surface area contributed by atoms with Crippen LogP contribution in [-0.4, -0.2) is 38.9 Å². The van der Waals surface area contributed by atoms with Crippen LogP contribution < -0.4 is 5.32 Å². The molecule has 7 heteroatoms. The maximum Gasteiger partial charge on any atom is 0.407 e. The molecule has 202 valence electrons. The third-order valence-corrected chi connectivity index (χ3v) is 7.74. The van der Waals surface area contributed by atoms with E-state index in [-0.39, 0.29) is 0 Å². The highest BCUT2D eigenvalue weighted by molar-refractivity contribution is 5.70. The van der Waals surface area contributed by atoms with Crippen LogP contribution in [0.15, 0.2) is 24.5 Å². The van der Waals surface area contributed by atoms with Gasteiger partial charge in [0.1, 0.15) is 5.60 Å². The molecule has 1 aliphatic carbocycles. The van der Waals surface area contributed by atoms with Crippen molar-refractivity contribution in [3.8, 4) is 5.69 Å². The predicted octanol–water partition coefficient (Wildman–Crippen LogP) is 6.03. The molecule has 0 bridgehead atoms. The van der Waals surface area contributed by atoms with E-state index in [0.717, 1.165) is 36.6 Å². The van der Waals surface area contributed by atoms with Gasteiger partial charge >= 0.3 is 12.1 Å². The second-order valence-corrected chi connectivity index (χ2v) is 11.8. The van der Waals surface area contributed by atoms with Crippen LogP contribution in [0.1, 0.15) is 94.7 Å². The Kier molecular flexibility index (Phi) is 8.93. The van der Waals surface area contributed by atoms with E-state index >= 15 is 0 Å². The first kappa shape index (κ1) is 27.2. The van der Waals surface area contributed by atoms with Crippen molar-refractivity contribution >= 4 is 12.1 Å². The molecule has 1 aliphatic heterocycles. The molecule has 1 fully saturated rings. The zero-order valence-electron chi connectivity index (χ0n) is 22.7. The van der Waals surface area contributed by atoms with Gasteiger partial charge in [-0.05, 0) is 82.4 Å². The third kappa shape index (κ3) is 7.59. The number of carboxylic acids is 1. The van der Waals surface area contributed by atoms with Gasteiger partial charge in [-0.2, -0.15) is 0 Å². The number of hydrogen-bond donors (Lipinski definition) is 2. The number of aromatic nitrogens is 2. The monoisotopic (exact) mass is 509 g/mol. The molecule has 0 spiro atoms. The lowest BCUT2D eigenvalue weighted by Gasteiger charge is -2.23. The van der Waals surface area contributed by atoms with Crippen LogP contribution in [0, 0.1) is 11.8 Å². The molecule has 2 aromatic rings. The maximum absolute atomic E-state index is 12.0. The first-order valence-corrected chi connectivity index (χ1v) is 14.1. The number of hydrogen-bond acceptors (Lipinski definition) is 4. The van der Waals surface area contributed by atoms with Crippen molar-refractivity contribution in [3.05, 3.63) is 47.0 Å². The summed E-state index contributed by atoms with van der Waals surface area (Å²) in [6.07, 6.45) is 14.1. The largest absolute Gasteiger partial charge is 0.481 e. The molecule has 7 nitrogen and oxygen atoms in total. The maximum atomic E-state index is 12.0. The van der Waals surface area contributed by atoms with E-state index in [1.54, 1.807) is 0 Å². The summed E-state index contributed by atoms with van der Waals surface area (Å²) in [5.74, 6) is -0.468. The fraction of sp³-hybridized carbons (Fsp3) is 0.633. The lowest BCUT2D eigenvalue weighted by Crippen LogP contribution is -2.33. The number of ether oxygens (including phenoxy) is 1. The van der Waals surface area contributed by atoms with Gasteiger partial charge in [0.05, 0.1) is 17.9 Å². The number of imidazole rings is 1. The van der Waals surface area contributed by atoms with Crippen molar-refractivity contribution in [2.45, 2.75) is 103 Å². The number of alkyl carbamates (subject to hydrolysis) is 1. The predicted molar refractivity (Wildman–Crippen MR) is 144 cm³/mol. The minimum atomic E-state index is -0.821. The molecular weight excluding hydrogens is 466 g/mol. The Balaban J connectivity index is 1.33. The number of nitrogens with zero attached hydrogens (tertiary/aromatic N) is 2. The minimum absolute atomic E-state index is 0.385. The van der Waals surface area contributed by atoms with E-state index in [0.29, 0.717) is 25.8 Å². The standard InChI is InChI=1S/C30H43N3O4/c1-30(2,3)37-29(36)31-17-7-10-24(28(34)35)19-25-27-16-14-23-18-22(12-11-21-8-5-4-6-9-21)13-15-26(23)33(27)20-32-25/h13,15,18,20-21,24H,4-12,14,16-17,19H2,1-3H3,(H,31,36)(H,34,35). The van der Waals surface area contributed by atoms with Gasteiger partial charge < -0.3 is 19.7 Å². The lowest BCUT2D eigenvalue weighted by atomic mass is 9.85. The first-order chi connectivity index (χ1) is 17.7. The number of aryl methyl sites for hydroxylation is 2. The number of carbonyl (C=O) groups excluding carboxylic acids is 1. The highest BCUT2D eigenvalue weighted by Crippen LogP contribution is 2.31. The number of benzene rings is 1. The summed E-state index contributed by atoms with van der Waals surface area (Å²) in [5, 5.41) is 12.5. The zero-order valence-corrected chi connectivity index (χ0v) is 22.7. The second-order valence-electron chi connectivity index (χ2n) is 11.8. The summed E-state index contributed by atoms with van der Waals surface area (Å²) < 4.78 is 7.39. The SMILES string of the molecule is CC(C)(C)OC(=O)NCCCC(Cc1ncn2c1CCc1cc(CCC3CCCCC3)ccc1-2)C(=O)O. The summed E-state index contributed by atoms with van der Waals surface area (Å²) >= 11 is 0. The fourth-order valence-electron chi connectivity index (χ4n) is 5.78. The number of carbonyl (C=O) groups is 2. The highest BCUT2D eigenvalue weighted by atomic mass is 16.6. The van der Waals surface area contributed by atoms with Crippen molar-refractivity contribution in [1.29, 1.82) is 0 Å². The minimum Gasteiger partial charge on any atom is -0.481 e. The smallest absolute Gasteiger partial charge is 0.407 e. The van der Waals surface area contributed by atoms with Gasteiger partial charge in [0, 0.05) is 24.3 Å². The van der Waals surface area contributed by atoms with E-state index < -0.39 is 23.6 Å². The Morgan fingerprint density at radius 2 is 1.97 bits per heavy atom. The number of carboxylic acid groups (broad SMARTS) is 1. The molecular formula is C30H43N3O4. The molecule has 37 heavy (non-hydrogen) atoms.